The molecule has 4 rings (SSSR count). The molecular formula is C24H26FN3O3. The number of likely N-dealkylation sites (tertiary alicyclic amines) is 1. The van der Waals surface area contributed by atoms with Gasteiger partial charge in [0, 0.05) is 6.54 Å². The first-order valence-corrected chi connectivity index (χ1v) is 10.7. The van der Waals surface area contributed by atoms with Crippen LogP contribution in [-0.4, -0.2) is 49.4 Å². The van der Waals surface area contributed by atoms with Crippen LogP contribution in [0.5, 0.6) is 5.75 Å². The minimum absolute atomic E-state index is 0.0473. The van der Waals surface area contributed by atoms with E-state index in [1.54, 1.807) is 36.4 Å². The summed E-state index contributed by atoms with van der Waals surface area (Å²) in [7, 11) is 0. The molecule has 0 saturated carbocycles. The van der Waals surface area contributed by atoms with E-state index in [4.69, 9.17) is 4.74 Å². The third-order valence-electron chi connectivity index (χ3n) is 5.45. The van der Waals surface area contributed by atoms with Gasteiger partial charge in [-0.2, -0.15) is 0 Å². The molecule has 2 aliphatic heterocycles. The Morgan fingerprint density at radius 1 is 1.13 bits per heavy atom. The first kappa shape index (κ1) is 21.1. The van der Waals surface area contributed by atoms with Crippen molar-refractivity contribution in [3.05, 3.63) is 65.7 Å². The van der Waals surface area contributed by atoms with Crippen molar-refractivity contribution >= 4 is 23.6 Å². The Bertz CT molecular complexity index is 986. The van der Waals surface area contributed by atoms with Crippen LogP contribution in [0.3, 0.4) is 0 Å². The second-order valence-electron chi connectivity index (χ2n) is 7.78. The number of para-hydroxylation sites is 2. The maximum absolute atomic E-state index is 13.5. The molecule has 2 amide bonds. The summed E-state index contributed by atoms with van der Waals surface area (Å²) in [5.41, 5.74) is 1.05. The van der Waals surface area contributed by atoms with Crippen LogP contribution in [-0.2, 0) is 9.59 Å². The molecule has 0 atom stereocenters. The zero-order valence-electron chi connectivity index (χ0n) is 17.4. The van der Waals surface area contributed by atoms with Crippen LogP contribution in [0.4, 0.5) is 10.1 Å². The molecule has 2 aromatic carbocycles. The summed E-state index contributed by atoms with van der Waals surface area (Å²) in [5, 5.41) is 2.91. The summed E-state index contributed by atoms with van der Waals surface area (Å²) in [6.07, 6.45) is 4.86. The molecule has 2 heterocycles. The van der Waals surface area contributed by atoms with Crippen LogP contribution in [0.25, 0.3) is 6.08 Å². The fraction of sp³-hybridized carbons (Fsp3) is 0.333. The second kappa shape index (κ2) is 9.75. The highest BCUT2D eigenvalue weighted by Crippen LogP contribution is 2.35. The fourth-order valence-corrected chi connectivity index (χ4v) is 3.90. The minimum Gasteiger partial charge on any atom is -0.449 e. The molecule has 2 aromatic rings. The number of hydrogen-bond acceptors (Lipinski definition) is 4. The number of ether oxygens (including phenoxy) is 1. The van der Waals surface area contributed by atoms with Gasteiger partial charge in [0.2, 0.25) is 5.91 Å². The monoisotopic (exact) mass is 423 g/mol. The molecule has 6 nitrogen and oxygen atoms in total. The summed E-state index contributed by atoms with van der Waals surface area (Å²) in [6, 6.07) is 13.0. The van der Waals surface area contributed by atoms with E-state index in [2.05, 4.69) is 10.2 Å². The average molecular weight is 423 g/mol. The van der Waals surface area contributed by atoms with E-state index in [1.165, 1.54) is 36.0 Å². The Morgan fingerprint density at radius 3 is 2.74 bits per heavy atom. The van der Waals surface area contributed by atoms with E-state index in [1.807, 2.05) is 0 Å². The molecule has 162 valence electrons. The molecule has 1 N–H and O–H groups in total. The Morgan fingerprint density at radius 2 is 1.94 bits per heavy atom. The lowest BCUT2D eigenvalue weighted by atomic mass is 10.1. The van der Waals surface area contributed by atoms with Gasteiger partial charge < -0.3 is 15.0 Å². The fourth-order valence-electron chi connectivity index (χ4n) is 3.90. The number of carbonyl (C=O) groups excluding carboxylic acids is 2. The van der Waals surface area contributed by atoms with Gasteiger partial charge in [0.1, 0.15) is 12.4 Å². The van der Waals surface area contributed by atoms with E-state index in [0.29, 0.717) is 23.5 Å². The Hall–Kier alpha value is -3.19. The maximum Gasteiger partial charge on any atom is 0.294 e. The van der Waals surface area contributed by atoms with Gasteiger partial charge >= 0.3 is 0 Å². The number of carbonyl (C=O) groups is 2. The topological polar surface area (TPSA) is 61.9 Å². The number of anilines is 1. The zero-order chi connectivity index (χ0) is 21.6. The van der Waals surface area contributed by atoms with Gasteiger partial charge in [0.15, 0.2) is 11.5 Å². The van der Waals surface area contributed by atoms with Crippen LogP contribution in [0.2, 0.25) is 0 Å². The number of fused-ring (bicyclic) bond motifs is 1. The molecule has 0 radical (unpaired) electrons. The quantitative estimate of drug-likeness (QED) is 0.549. The highest BCUT2D eigenvalue weighted by atomic mass is 19.1. The molecule has 1 fully saturated rings. The van der Waals surface area contributed by atoms with Crippen molar-refractivity contribution in [2.24, 2.45) is 0 Å². The number of rotatable bonds is 7. The summed E-state index contributed by atoms with van der Waals surface area (Å²) in [6.45, 7) is 3.70. The van der Waals surface area contributed by atoms with Crippen molar-refractivity contribution in [1.82, 2.24) is 10.2 Å². The van der Waals surface area contributed by atoms with E-state index < -0.39 is 11.7 Å². The summed E-state index contributed by atoms with van der Waals surface area (Å²) in [5.74, 6) is -0.535. The summed E-state index contributed by atoms with van der Waals surface area (Å²) < 4.78 is 19.3. The van der Waals surface area contributed by atoms with Crippen molar-refractivity contribution < 1.29 is 18.7 Å². The Kier molecular flexibility index (Phi) is 6.62. The smallest absolute Gasteiger partial charge is 0.294 e. The lowest BCUT2D eigenvalue weighted by Gasteiger charge is -2.30. The van der Waals surface area contributed by atoms with Gasteiger partial charge in [0.05, 0.1) is 5.69 Å². The lowest BCUT2D eigenvalue weighted by molar-refractivity contribution is -0.123. The summed E-state index contributed by atoms with van der Waals surface area (Å²) in [4.78, 5) is 29.4. The van der Waals surface area contributed by atoms with Gasteiger partial charge in [-0.1, -0.05) is 24.3 Å². The Labute approximate surface area is 181 Å². The van der Waals surface area contributed by atoms with Gasteiger partial charge in [-0.15, -0.1) is 0 Å². The van der Waals surface area contributed by atoms with Crippen molar-refractivity contribution in [3.8, 4) is 5.75 Å². The Balaban J connectivity index is 1.43. The van der Waals surface area contributed by atoms with Crippen LogP contribution in [0.1, 0.15) is 24.8 Å². The van der Waals surface area contributed by atoms with Gasteiger partial charge in [0.25, 0.3) is 5.91 Å². The summed E-state index contributed by atoms with van der Waals surface area (Å²) >= 11 is 0. The van der Waals surface area contributed by atoms with Crippen LogP contribution >= 0.6 is 0 Å². The van der Waals surface area contributed by atoms with E-state index in [0.717, 1.165) is 26.1 Å². The van der Waals surface area contributed by atoms with Gasteiger partial charge in [-0.3, -0.25) is 14.5 Å². The predicted molar refractivity (Wildman–Crippen MR) is 117 cm³/mol. The van der Waals surface area contributed by atoms with Gasteiger partial charge in [-0.25, -0.2) is 4.39 Å². The number of amides is 2. The number of nitrogens with one attached hydrogen (secondary N) is 1. The molecule has 0 unspecified atom stereocenters. The second-order valence-corrected chi connectivity index (χ2v) is 7.78. The minimum atomic E-state index is -0.435. The van der Waals surface area contributed by atoms with Crippen molar-refractivity contribution in [2.45, 2.75) is 19.3 Å². The molecule has 0 bridgehead atoms. The lowest BCUT2D eigenvalue weighted by Crippen LogP contribution is -2.44. The van der Waals surface area contributed by atoms with Crippen molar-refractivity contribution in [2.75, 3.05) is 37.6 Å². The number of hydrogen-bond donors (Lipinski definition) is 1. The molecule has 31 heavy (non-hydrogen) atoms. The van der Waals surface area contributed by atoms with E-state index >= 15 is 0 Å². The molecule has 7 heteroatoms. The zero-order valence-corrected chi connectivity index (χ0v) is 17.4. The van der Waals surface area contributed by atoms with Crippen molar-refractivity contribution in [1.29, 1.82) is 0 Å². The molecular weight excluding hydrogens is 397 g/mol. The highest BCUT2D eigenvalue weighted by molar-refractivity contribution is 6.12. The number of benzene rings is 2. The number of nitrogens with zero attached hydrogens (tertiary/aromatic N) is 2. The third-order valence-corrected chi connectivity index (χ3v) is 5.45. The molecule has 0 aromatic heterocycles. The van der Waals surface area contributed by atoms with Crippen LogP contribution in [0.15, 0.2) is 54.3 Å². The maximum atomic E-state index is 13.5. The molecule has 1 saturated heterocycles. The SMILES string of the molecule is O=C(CN1C(=O)C(=Cc2cccc(F)c2)Oc2ccccc21)NCCCN1CCCC1. The van der Waals surface area contributed by atoms with Crippen molar-refractivity contribution in [3.63, 3.8) is 0 Å². The van der Waals surface area contributed by atoms with E-state index in [9.17, 15) is 14.0 Å². The molecule has 0 aliphatic carbocycles. The number of halogens is 1. The molecule has 0 spiro atoms. The molecule has 2 aliphatic rings. The third kappa shape index (κ3) is 5.30. The standard InChI is InChI=1S/C24H26FN3O3/c25-19-8-5-7-18(15-19)16-22-24(30)28(20-9-1-2-10-21(20)31-22)17-23(29)26-11-6-14-27-12-3-4-13-27/h1-2,5,7-10,15-16H,3-4,6,11-14,17H2,(H,26,29). The first-order chi connectivity index (χ1) is 15.1. The van der Waals surface area contributed by atoms with E-state index in [-0.39, 0.29) is 18.2 Å². The average Bonchev–Trinajstić information content (AvgIpc) is 3.28. The van der Waals surface area contributed by atoms with Crippen LogP contribution in [0, 0.1) is 5.82 Å². The first-order valence-electron chi connectivity index (χ1n) is 10.7. The predicted octanol–water partition coefficient (Wildman–Crippen LogP) is 3.19. The highest BCUT2D eigenvalue weighted by Gasteiger charge is 2.31. The largest absolute Gasteiger partial charge is 0.449 e. The normalized spacial score (nSPS) is 17.5. The van der Waals surface area contributed by atoms with Crippen LogP contribution < -0.4 is 15.0 Å². The van der Waals surface area contributed by atoms with Gasteiger partial charge in [-0.05, 0) is 74.8 Å².